The molecule has 1 rings (SSSR count). The quantitative estimate of drug-likeness (QED) is 0.0196. The lowest BCUT2D eigenvalue weighted by Crippen LogP contribution is -2.60. The molecule has 388 valence electrons. The summed E-state index contributed by atoms with van der Waals surface area (Å²) in [7, 11) is 0. The number of rotatable bonds is 45. The Kier molecular flexibility index (Phi) is 42.6. The highest BCUT2D eigenvalue weighted by atomic mass is 16.7. The number of aliphatic hydroxyl groups excluding tert-OH is 5. The van der Waals surface area contributed by atoms with E-state index in [0.29, 0.717) is 19.4 Å². The molecule has 0 aromatic carbocycles. The molecule has 7 atom stereocenters. The minimum atomic E-state index is -1.58. The van der Waals surface area contributed by atoms with Crippen LogP contribution in [-0.4, -0.2) is 100 Å². The molecule has 0 aromatic heterocycles. The predicted octanol–water partition coefficient (Wildman–Crippen LogP) is 11.5. The Bertz CT molecular complexity index is 1300. The van der Waals surface area contributed by atoms with Crippen molar-refractivity contribution in [2.75, 3.05) is 19.8 Å². The van der Waals surface area contributed by atoms with Crippen LogP contribution in [0.15, 0.2) is 60.8 Å². The average molecular weight is 946 g/mol. The summed E-state index contributed by atoms with van der Waals surface area (Å²) in [5, 5.41) is 54.2. The lowest BCUT2D eigenvalue weighted by atomic mass is 9.99. The van der Waals surface area contributed by atoms with Gasteiger partial charge >= 0.3 is 5.97 Å². The highest BCUT2D eigenvalue weighted by Crippen LogP contribution is 2.22. The van der Waals surface area contributed by atoms with Crippen molar-refractivity contribution in [3.8, 4) is 0 Å². The third-order valence-electron chi connectivity index (χ3n) is 12.3. The van der Waals surface area contributed by atoms with Gasteiger partial charge in [0.2, 0.25) is 5.91 Å². The van der Waals surface area contributed by atoms with E-state index in [0.717, 1.165) is 96.3 Å². The van der Waals surface area contributed by atoms with Gasteiger partial charge in [0.15, 0.2) is 6.29 Å². The molecule has 1 aliphatic rings. The first-order valence-corrected chi connectivity index (χ1v) is 27.1. The lowest BCUT2D eigenvalue weighted by molar-refractivity contribution is -0.302. The number of amides is 1. The minimum absolute atomic E-state index is 0.0454. The molecule has 0 aliphatic carbocycles. The summed E-state index contributed by atoms with van der Waals surface area (Å²) in [4.78, 5) is 25.0. The number of carbonyl (C=O) groups excluding carboxylic acids is 2. The summed E-state index contributed by atoms with van der Waals surface area (Å²) in [5.74, 6) is -0.257. The lowest BCUT2D eigenvalue weighted by Gasteiger charge is -2.40. The van der Waals surface area contributed by atoms with Crippen molar-refractivity contribution in [3.63, 3.8) is 0 Å². The Labute approximate surface area is 408 Å². The van der Waals surface area contributed by atoms with Crippen LogP contribution in [-0.2, 0) is 23.8 Å². The molecule has 1 amide bonds. The predicted molar refractivity (Wildman–Crippen MR) is 273 cm³/mol. The van der Waals surface area contributed by atoms with E-state index in [-0.39, 0.29) is 18.5 Å². The van der Waals surface area contributed by atoms with Gasteiger partial charge in [-0.05, 0) is 103 Å². The van der Waals surface area contributed by atoms with Gasteiger partial charge in [0.1, 0.15) is 24.4 Å². The SMILES string of the molecule is CCCC/C=C\CCCCCCCC(=O)OCCCCC/C=C\C/C=C\CCCCCCCCCC(=O)NC(COC1OC(CO)C(O)C(O)C1O)C(O)/C=C/CC/C=C/CCCCCCC. The van der Waals surface area contributed by atoms with E-state index < -0.39 is 49.5 Å². The van der Waals surface area contributed by atoms with E-state index in [4.69, 9.17) is 14.2 Å². The number of ether oxygens (including phenoxy) is 3. The summed E-state index contributed by atoms with van der Waals surface area (Å²) in [6.45, 7) is 4.18. The van der Waals surface area contributed by atoms with E-state index in [2.05, 4.69) is 67.8 Å². The van der Waals surface area contributed by atoms with Crippen LogP contribution in [0.5, 0.6) is 0 Å². The second-order valence-corrected chi connectivity index (χ2v) is 18.6. The van der Waals surface area contributed by atoms with Gasteiger partial charge in [-0.2, -0.15) is 0 Å². The van der Waals surface area contributed by atoms with E-state index in [1.54, 1.807) is 6.08 Å². The fraction of sp³-hybridized carbons (Fsp3) is 0.786. The van der Waals surface area contributed by atoms with E-state index >= 15 is 0 Å². The molecule has 1 fully saturated rings. The standard InChI is InChI=1S/C56H99NO10/c1-3-5-7-9-11-13-22-26-30-34-38-42-49(59)48(47-66-56-55(64)54(63)53(62)50(46-58)67-56)57-51(60)43-39-35-31-27-24-20-18-16-15-17-19-21-25-29-33-37-41-45-65-52(61)44-40-36-32-28-23-14-12-10-8-6-4-2/h10,12,15,17,21-22,25-26,38,42,48-50,53-56,58-59,62-64H,3-9,11,13-14,16,18-20,23-24,27-37,39-41,43-47H2,1-2H3,(H,57,60)/b12-10-,17-15-,25-21-,26-22+,42-38+. The third-order valence-corrected chi connectivity index (χ3v) is 12.3. The number of esters is 1. The molecule has 0 saturated carbocycles. The van der Waals surface area contributed by atoms with Gasteiger partial charge in [0.05, 0.1) is 32.0 Å². The molecule has 1 saturated heterocycles. The molecule has 1 aliphatic heterocycles. The number of hydrogen-bond donors (Lipinski definition) is 6. The molecule has 1 heterocycles. The van der Waals surface area contributed by atoms with Crippen LogP contribution >= 0.6 is 0 Å². The smallest absolute Gasteiger partial charge is 0.305 e. The second-order valence-electron chi connectivity index (χ2n) is 18.6. The van der Waals surface area contributed by atoms with Gasteiger partial charge in [0, 0.05) is 12.8 Å². The summed E-state index contributed by atoms with van der Waals surface area (Å²) in [6.07, 6.45) is 47.3. The largest absolute Gasteiger partial charge is 0.466 e. The molecular formula is C56H99NO10. The maximum atomic E-state index is 13.0. The first-order valence-electron chi connectivity index (χ1n) is 27.1. The van der Waals surface area contributed by atoms with Crippen molar-refractivity contribution in [3.05, 3.63) is 60.8 Å². The van der Waals surface area contributed by atoms with Crippen LogP contribution in [0.25, 0.3) is 0 Å². The van der Waals surface area contributed by atoms with Gasteiger partial charge in [-0.3, -0.25) is 9.59 Å². The summed E-state index contributed by atoms with van der Waals surface area (Å²) < 4.78 is 16.6. The van der Waals surface area contributed by atoms with Crippen LogP contribution < -0.4 is 5.32 Å². The molecule has 0 spiro atoms. The Balaban J connectivity index is 2.17. The number of nitrogens with one attached hydrogen (secondary N) is 1. The van der Waals surface area contributed by atoms with Crippen molar-refractivity contribution in [2.24, 2.45) is 0 Å². The zero-order chi connectivity index (χ0) is 48.8. The summed E-state index contributed by atoms with van der Waals surface area (Å²) >= 11 is 0. The normalized spacial score (nSPS) is 20.0. The molecule has 11 nitrogen and oxygen atoms in total. The van der Waals surface area contributed by atoms with Gasteiger partial charge in [-0.25, -0.2) is 0 Å². The van der Waals surface area contributed by atoms with E-state index in [1.165, 1.54) is 96.3 Å². The number of aliphatic hydroxyl groups is 5. The monoisotopic (exact) mass is 946 g/mol. The average Bonchev–Trinajstić information content (AvgIpc) is 3.32. The van der Waals surface area contributed by atoms with Crippen molar-refractivity contribution in [2.45, 2.75) is 262 Å². The molecule has 6 N–H and O–H groups in total. The first-order chi connectivity index (χ1) is 32.7. The first kappa shape index (κ1) is 62.4. The van der Waals surface area contributed by atoms with Crippen LogP contribution in [0.2, 0.25) is 0 Å². The van der Waals surface area contributed by atoms with Gasteiger partial charge < -0.3 is 45.1 Å². The number of hydrogen-bond acceptors (Lipinski definition) is 10. The minimum Gasteiger partial charge on any atom is -0.466 e. The maximum Gasteiger partial charge on any atom is 0.305 e. The third kappa shape index (κ3) is 36.0. The van der Waals surface area contributed by atoms with E-state index in [9.17, 15) is 35.1 Å². The molecule has 11 heteroatoms. The summed E-state index contributed by atoms with van der Waals surface area (Å²) in [6, 6.07) is -0.840. The second kappa shape index (κ2) is 45.8. The molecule has 0 radical (unpaired) electrons. The highest BCUT2D eigenvalue weighted by molar-refractivity contribution is 5.76. The Morgan fingerprint density at radius 3 is 1.61 bits per heavy atom. The number of carbonyl (C=O) groups is 2. The van der Waals surface area contributed by atoms with Crippen molar-refractivity contribution in [1.29, 1.82) is 0 Å². The maximum absolute atomic E-state index is 13.0. The van der Waals surface area contributed by atoms with Crippen molar-refractivity contribution in [1.82, 2.24) is 5.32 Å². The number of allylic oxidation sites excluding steroid dienone is 9. The van der Waals surface area contributed by atoms with Crippen LogP contribution in [0.4, 0.5) is 0 Å². The Hall–Kier alpha value is -2.64. The Morgan fingerprint density at radius 1 is 0.552 bits per heavy atom. The topological polar surface area (TPSA) is 175 Å². The molecule has 0 aromatic rings. The van der Waals surface area contributed by atoms with Crippen LogP contribution in [0.3, 0.4) is 0 Å². The van der Waals surface area contributed by atoms with Crippen molar-refractivity contribution < 1.29 is 49.3 Å². The highest BCUT2D eigenvalue weighted by Gasteiger charge is 2.44. The molecule has 7 unspecified atom stereocenters. The van der Waals surface area contributed by atoms with E-state index in [1.807, 2.05) is 6.08 Å². The van der Waals surface area contributed by atoms with Gasteiger partial charge in [-0.15, -0.1) is 0 Å². The molecule has 0 bridgehead atoms. The van der Waals surface area contributed by atoms with Crippen LogP contribution in [0, 0.1) is 0 Å². The zero-order valence-corrected chi connectivity index (χ0v) is 42.3. The van der Waals surface area contributed by atoms with Gasteiger partial charge in [-0.1, -0.05) is 164 Å². The van der Waals surface area contributed by atoms with Crippen LogP contribution in [0.1, 0.15) is 219 Å². The zero-order valence-electron chi connectivity index (χ0n) is 42.3. The summed E-state index contributed by atoms with van der Waals surface area (Å²) in [5.41, 5.74) is 0. The van der Waals surface area contributed by atoms with Crippen molar-refractivity contribution >= 4 is 11.9 Å². The van der Waals surface area contributed by atoms with Gasteiger partial charge in [0.25, 0.3) is 0 Å². The molecular weight excluding hydrogens is 847 g/mol. The number of unbranched alkanes of at least 4 members (excludes halogenated alkanes) is 23. The fourth-order valence-corrected chi connectivity index (χ4v) is 7.93. The Morgan fingerprint density at radius 2 is 1.03 bits per heavy atom. The fourth-order valence-electron chi connectivity index (χ4n) is 7.93. The molecule has 67 heavy (non-hydrogen) atoms.